The molecule has 0 saturated heterocycles. The first-order valence-electron chi connectivity index (χ1n) is 4.81. The van der Waals surface area contributed by atoms with Crippen molar-refractivity contribution < 1.29 is 8.78 Å². The van der Waals surface area contributed by atoms with Gasteiger partial charge in [0.15, 0.2) is 5.96 Å². The molecule has 1 N–H and O–H groups in total. The van der Waals surface area contributed by atoms with Crippen LogP contribution in [0.5, 0.6) is 0 Å². The van der Waals surface area contributed by atoms with Gasteiger partial charge in [0.1, 0.15) is 0 Å². The van der Waals surface area contributed by atoms with Crippen LogP contribution in [0.15, 0.2) is 4.99 Å². The first-order valence-corrected chi connectivity index (χ1v) is 4.81. The van der Waals surface area contributed by atoms with E-state index in [0.29, 0.717) is 12.5 Å². The highest BCUT2D eigenvalue weighted by molar-refractivity contribution is 5.80. The van der Waals surface area contributed by atoms with Gasteiger partial charge in [-0.2, -0.15) is 0 Å². The molecule has 0 aromatic rings. The second kappa shape index (κ2) is 4.11. The molecule has 0 bridgehead atoms. The van der Waals surface area contributed by atoms with Crippen molar-refractivity contribution in [1.82, 2.24) is 10.2 Å². The van der Waals surface area contributed by atoms with Crippen molar-refractivity contribution in [1.29, 1.82) is 0 Å². The summed E-state index contributed by atoms with van der Waals surface area (Å²) in [6.45, 7) is 3.96. The molecule has 0 fully saturated rings. The number of nitrogens with one attached hydrogen (secondary N) is 1. The Morgan fingerprint density at radius 3 is 2.71 bits per heavy atom. The number of rotatable bonds is 2. The van der Waals surface area contributed by atoms with Crippen LogP contribution in [0.2, 0.25) is 0 Å². The predicted molar refractivity (Wildman–Crippen MR) is 52.8 cm³/mol. The average molecular weight is 205 g/mol. The molecule has 3 nitrogen and oxygen atoms in total. The Labute approximate surface area is 83.2 Å². The minimum atomic E-state index is -2.72. The van der Waals surface area contributed by atoms with E-state index >= 15 is 0 Å². The van der Waals surface area contributed by atoms with Gasteiger partial charge in [-0.05, 0) is 13.3 Å². The molecule has 1 aliphatic heterocycles. The Balaban J connectivity index is 2.55. The molecule has 14 heavy (non-hydrogen) atoms. The topological polar surface area (TPSA) is 27.6 Å². The fourth-order valence-corrected chi connectivity index (χ4v) is 1.20. The molecule has 0 saturated carbocycles. The number of guanidine groups is 1. The Morgan fingerprint density at radius 1 is 1.57 bits per heavy atom. The van der Waals surface area contributed by atoms with Gasteiger partial charge in [-0.25, -0.2) is 8.78 Å². The van der Waals surface area contributed by atoms with Gasteiger partial charge < -0.3 is 10.2 Å². The SMILES string of the molecule is CC(NC1=NCCCN1C)C(C)(F)F. The van der Waals surface area contributed by atoms with Crippen LogP contribution in [0.4, 0.5) is 8.78 Å². The van der Waals surface area contributed by atoms with Crippen molar-refractivity contribution in [3.8, 4) is 0 Å². The lowest BCUT2D eigenvalue weighted by Crippen LogP contribution is -2.50. The van der Waals surface area contributed by atoms with E-state index in [1.165, 1.54) is 6.92 Å². The van der Waals surface area contributed by atoms with E-state index in [4.69, 9.17) is 0 Å². The van der Waals surface area contributed by atoms with Gasteiger partial charge >= 0.3 is 0 Å². The highest BCUT2D eigenvalue weighted by Gasteiger charge is 2.31. The monoisotopic (exact) mass is 205 g/mol. The first-order chi connectivity index (χ1) is 6.41. The summed E-state index contributed by atoms with van der Waals surface area (Å²) in [5.74, 6) is -2.15. The zero-order valence-electron chi connectivity index (χ0n) is 8.85. The lowest BCUT2D eigenvalue weighted by atomic mass is 10.2. The van der Waals surface area contributed by atoms with E-state index in [1.54, 1.807) is 0 Å². The van der Waals surface area contributed by atoms with Crippen LogP contribution < -0.4 is 5.32 Å². The van der Waals surface area contributed by atoms with Gasteiger partial charge in [0.05, 0.1) is 6.04 Å². The molecule has 5 heteroatoms. The smallest absolute Gasteiger partial charge is 0.264 e. The average Bonchev–Trinajstić information content (AvgIpc) is 2.07. The lowest BCUT2D eigenvalue weighted by molar-refractivity contribution is -0.00699. The zero-order valence-corrected chi connectivity index (χ0v) is 8.85. The highest BCUT2D eigenvalue weighted by Crippen LogP contribution is 2.17. The standard InChI is InChI=1S/C9H17F2N3/c1-7(9(2,10)11)13-8-12-5-4-6-14(8)3/h7H,4-6H2,1-3H3,(H,12,13). The number of hydrogen-bond acceptors (Lipinski definition) is 3. The van der Waals surface area contributed by atoms with Crippen molar-refractivity contribution in [2.75, 3.05) is 20.1 Å². The van der Waals surface area contributed by atoms with Crippen LogP contribution in [-0.2, 0) is 0 Å². The number of nitrogens with zero attached hydrogens (tertiary/aromatic N) is 2. The minimum Gasteiger partial charge on any atom is -0.348 e. The van der Waals surface area contributed by atoms with E-state index in [9.17, 15) is 8.78 Å². The van der Waals surface area contributed by atoms with Crippen LogP contribution in [0.25, 0.3) is 0 Å². The van der Waals surface area contributed by atoms with E-state index in [1.807, 2.05) is 11.9 Å². The number of alkyl halides is 2. The maximum atomic E-state index is 12.9. The van der Waals surface area contributed by atoms with Crippen molar-refractivity contribution >= 4 is 5.96 Å². The molecule has 0 aromatic carbocycles. The fourth-order valence-electron chi connectivity index (χ4n) is 1.20. The summed E-state index contributed by atoms with van der Waals surface area (Å²) in [6, 6.07) is -0.887. The minimum absolute atomic E-state index is 0.574. The summed E-state index contributed by atoms with van der Waals surface area (Å²) >= 11 is 0. The van der Waals surface area contributed by atoms with Gasteiger partial charge in [-0.3, -0.25) is 4.99 Å². The van der Waals surface area contributed by atoms with Crippen molar-refractivity contribution in [3.05, 3.63) is 0 Å². The van der Waals surface area contributed by atoms with Crippen molar-refractivity contribution in [2.24, 2.45) is 4.99 Å². The van der Waals surface area contributed by atoms with Gasteiger partial charge in [0.25, 0.3) is 5.92 Å². The second-order valence-electron chi connectivity index (χ2n) is 3.80. The van der Waals surface area contributed by atoms with Gasteiger partial charge in [0.2, 0.25) is 0 Å². The summed E-state index contributed by atoms with van der Waals surface area (Å²) < 4.78 is 25.7. The van der Waals surface area contributed by atoms with Crippen LogP contribution >= 0.6 is 0 Å². The molecule has 0 spiro atoms. The molecule has 0 aliphatic carbocycles. The van der Waals surface area contributed by atoms with E-state index < -0.39 is 12.0 Å². The Morgan fingerprint density at radius 2 is 2.21 bits per heavy atom. The first kappa shape index (κ1) is 11.2. The summed E-state index contributed by atoms with van der Waals surface area (Å²) in [5, 5.41) is 2.73. The van der Waals surface area contributed by atoms with Crippen molar-refractivity contribution in [3.63, 3.8) is 0 Å². The molecule has 0 radical (unpaired) electrons. The third kappa shape index (κ3) is 2.82. The van der Waals surface area contributed by atoms with Crippen LogP contribution in [-0.4, -0.2) is 43.0 Å². The lowest BCUT2D eigenvalue weighted by Gasteiger charge is -2.30. The molecular weight excluding hydrogens is 188 g/mol. The summed E-state index contributed by atoms with van der Waals surface area (Å²) in [5.41, 5.74) is 0. The quantitative estimate of drug-likeness (QED) is 0.736. The van der Waals surface area contributed by atoms with Gasteiger partial charge in [0, 0.05) is 27.1 Å². The number of hydrogen-bond donors (Lipinski definition) is 1. The third-order valence-electron chi connectivity index (χ3n) is 2.38. The summed E-state index contributed by atoms with van der Waals surface area (Å²) in [6.07, 6.45) is 0.985. The third-order valence-corrected chi connectivity index (χ3v) is 2.38. The molecule has 1 aliphatic rings. The molecule has 0 aromatic heterocycles. The molecular formula is C9H17F2N3. The Bertz CT molecular complexity index is 223. The van der Waals surface area contributed by atoms with Crippen LogP contribution in [0, 0.1) is 0 Å². The zero-order chi connectivity index (χ0) is 10.8. The van der Waals surface area contributed by atoms with E-state index in [0.717, 1.165) is 19.9 Å². The van der Waals surface area contributed by atoms with Gasteiger partial charge in [-0.1, -0.05) is 0 Å². The Hall–Kier alpha value is -0.870. The van der Waals surface area contributed by atoms with Crippen LogP contribution in [0.1, 0.15) is 20.3 Å². The molecule has 82 valence electrons. The van der Waals surface area contributed by atoms with Crippen LogP contribution in [0.3, 0.4) is 0 Å². The molecule has 1 rings (SSSR count). The second-order valence-corrected chi connectivity index (χ2v) is 3.80. The number of halogens is 2. The summed E-state index contributed by atoms with van der Waals surface area (Å²) in [7, 11) is 1.85. The number of aliphatic imine (C=N–C) groups is 1. The van der Waals surface area contributed by atoms with Gasteiger partial charge in [-0.15, -0.1) is 0 Å². The normalized spacial score (nSPS) is 20.4. The maximum Gasteiger partial charge on any atom is 0.264 e. The highest BCUT2D eigenvalue weighted by atomic mass is 19.3. The largest absolute Gasteiger partial charge is 0.348 e. The molecule has 1 unspecified atom stereocenters. The van der Waals surface area contributed by atoms with E-state index in [2.05, 4.69) is 10.3 Å². The molecule has 0 amide bonds. The molecule has 1 heterocycles. The van der Waals surface area contributed by atoms with E-state index in [-0.39, 0.29) is 0 Å². The maximum absolute atomic E-state index is 12.9. The fraction of sp³-hybridized carbons (Fsp3) is 0.889. The Kier molecular flexibility index (Phi) is 3.29. The van der Waals surface area contributed by atoms with Crippen molar-refractivity contribution in [2.45, 2.75) is 32.2 Å². The molecule has 1 atom stereocenters. The predicted octanol–water partition coefficient (Wildman–Crippen LogP) is 1.31. The summed E-state index contributed by atoms with van der Waals surface area (Å²) in [4.78, 5) is 6.03.